The molecule has 0 aliphatic rings. The summed E-state index contributed by atoms with van der Waals surface area (Å²) in [5.41, 5.74) is 0. The number of carbonyl (C=O) groups is 2. The molecule has 4 nitrogen and oxygen atoms in total. The predicted molar refractivity (Wildman–Crippen MR) is 63.3 cm³/mol. The molecule has 0 saturated carbocycles. The van der Waals surface area contributed by atoms with Crippen molar-refractivity contribution >= 4 is 11.8 Å². The first-order chi connectivity index (χ1) is 7.51. The molecule has 0 aromatic rings. The number of carbonyl (C=O) groups excluding carboxylic acids is 2. The largest absolute Gasteiger partial charge is 0.466 e. The third kappa shape index (κ3) is 6.56. The van der Waals surface area contributed by atoms with Crippen molar-refractivity contribution in [3.05, 3.63) is 0 Å². The highest BCUT2D eigenvalue weighted by Crippen LogP contribution is 2.04. The Morgan fingerprint density at radius 1 is 1.31 bits per heavy atom. The SMILES string of the molecule is CCCC(C)N(C)CC(=O)CC(=O)OCC. The summed E-state index contributed by atoms with van der Waals surface area (Å²) in [7, 11) is 1.91. The van der Waals surface area contributed by atoms with Gasteiger partial charge in [0, 0.05) is 6.04 Å². The molecule has 1 unspecified atom stereocenters. The molecular formula is C12H23NO3. The van der Waals surface area contributed by atoms with Gasteiger partial charge in [0.2, 0.25) is 0 Å². The van der Waals surface area contributed by atoms with E-state index in [9.17, 15) is 9.59 Å². The van der Waals surface area contributed by atoms with E-state index >= 15 is 0 Å². The Morgan fingerprint density at radius 2 is 1.94 bits per heavy atom. The zero-order valence-electron chi connectivity index (χ0n) is 10.8. The number of nitrogens with zero attached hydrogens (tertiary/aromatic N) is 1. The Labute approximate surface area is 98.0 Å². The molecular weight excluding hydrogens is 206 g/mol. The zero-order valence-corrected chi connectivity index (χ0v) is 10.8. The molecule has 0 heterocycles. The van der Waals surface area contributed by atoms with Crippen LogP contribution in [0.1, 0.15) is 40.0 Å². The molecule has 0 amide bonds. The molecule has 0 fully saturated rings. The van der Waals surface area contributed by atoms with E-state index in [1.54, 1.807) is 6.92 Å². The first-order valence-electron chi connectivity index (χ1n) is 5.88. The zero-order chi connectivity index (χ0) is 12.6. The fourth-order valence-corrected chi connectivity index (χ4v) is 1.50. The first-order valence-corrected chi connectivity index (χ1v) is 5.88. The van der Waals surface area contributed by atoms with Crippen LogP contribution < -0.4 is 0 Å². The van der Waals surface area contributed by atoms with Crippen LogP contribution >= 0.6 is 0 Å². The molecule has 0 radical (unpaired) electrons. The normalized spacial score (nSPS) is 12.6. The van der Waals surface area contributed by atoms with Crippen LogP contribution in [0, 0.1) is 0 Å². The van der Waals surface area contributed by atoms with Crippen molar-refractivity contribution in [2.24, 2.45) is 0 Å². The van der Waals surface area contributed by atoms with Crippen molar-refractivity contribution in [1.29, 1.82) is 0 Å². The van der Waals surface area contributed by atoms with Crippen LogP contribution in [-0.2, 0) is 14.3 Å². The Kier molecular flexibility index (Phi) is 7.81. The van der Waals surface area contributed by atoms with E-state index in [4.69, 9.17) is 4.74 Å². The number of ketones is 1. The molecule has 4 heteroatoms. The Bertz CT molecular complexity index is 228. The lowest BCUT2D eigenvalue weighted by atomic mass is 10.1. The molecule has 0 rings (SSSR count). The van der Waals surface area contributed by atoms with Gasteiger partial charge in [0.05, 0.1) is 13.2 Å². The molecule has 16 heavy (non-hydrogen) atoms. The minimum absolute atomic E-state index is 0.0797. The van der Waals surface area contributed by atoms with E-state index in [0.717, 1.165) is 12.8 Å². The van der Waals surface area contributed by atoms with Gasteiger partial charge >= 0.3 is 5.97 Å². The highest BCUT2D eigenvalue weighted by atomic mass is 16.5. The van der Waals surface area contributed by atoms with Crippen LogP contribution in [-0.4, -0.2) is 42.9 Å². The van der Waals surface area contributed by atoms with Crippen molar-refractivity contribution in [3.8, 4) is 0 Å². The highest BCUT2D eigenvalue weighted by molar-refractivity contribution is 5.96. The van der Waals surface area contributed by atoms with Gasteiger partial charge in [-0.15, -0.1) is 0 Å². The first kappa shape index (κ1) is 15.1. The smallest absolute Gasteiger partial charge is 0.313 e. The van der Waals surface area contributed by atoms with Crippen LogP contribution in [0.2, 0.25) is 0 Å². The van der Waals surface area contributed by atoms with Gasteiger partial charge in [-0.25, -0.2) is 0 Å². The molecule has 1 atom stereocenters. The summed E-state index contributed by atoms with van der Waals surface area (Å²) in [6.45, 7) is 6.58. The summed E-state index contributed by atoms with van der Waals surface area (Å²) in [6.07, 6.45) is 2.04. The lowest BCUT2D eigenvalue weighted by Crippen LogP contribution is -2.34. The van der Waals surface area contributed by atoms with Crippen LogP contribution in [0.15, 0.2) is 0 Å². The Morgan fingerprint density at radius 3 is 2.44 bits per heavy atom. The van der Waals surface area contributed by atoms with Crippen molar-refractivity contribution in [2.75, 3.05) is 20.2 Å². The van der Waals surface area contributed by atoms with E-state index in [2.05, 4.69) is 13.8 Å². The summed E-state index contributed by atoms with van der Waals surface area (Å²) in [5.74, 6) is -0.507. The Hall–Kier alpha value is -0.900. The minimum atomic E-state index is -0.427. The number of ether oxygens (including phenoxy) is 1. The van der Waals surface area contributed by atoms with Crippen LogP contribution in [0.4, 0.5) is 0 Å². The molecule has 0 N–H and O–H groups in total. The maximum Gasteiger partial charge on any atom is 0.313 e. The number of rotatable bonds is 8. The van der Waals surface area contributed by atoms with Crippen molar-refractivity contribution in [2.45, 2.75) is 46.1 Å². The van der Waals surface area contributed by atoms with E-state index in [1.807, 2.05) is 11.9 Å². The summed E-state index contributed by atoms with van der Waals surface area (Å²) >= 11 is 0. The van der Waals surface area contributed by atoms with Gasteiger partial charge in [-0.3, -0.25) is 14.5 Å². The fraction of sp³-hybridized carbons (Fsp3) is 0.833. The van der Waals surface area contributed by atoms with E-state index in [0.29, 0.717) is 19.2 Å². The van der Waals surface area contributed by atoms with Gasteiger partial charge in [-0.1, -0.05) is 13.3 Å². The average Bonchev–Trinajstić information content (AvgIpc) is 2.17. The summed E-state index contributed by atoms with van der Waals surface area (Å²) in [4.78, 5) is 24.6. The average molecular weight is 229 g/mol. The molecule has 0 aliphatic carbocycles. The predicted octanol–water partition coefficient (Wildman–Crippen LogP) is 1.63. The van der Waals surface area contributed by atoms with Crippen molar-refractivity contribution < 1.29 is 14.3 Å². The minimum Gasteiger partial charge on any atom is -0.466 e. The number of hydrogen-bond acceptors (Lipinski definition) is 4. The fourth-order valence-electron chi connectivity index (χ4n) is 1.50. The summed E-state index contributed by atoms with van der Waals surface area (Å²) < 4.78 is 4.72. The van der Waals surface area contributed by atoms with E-state index in [1.165, 1.54) is 0 Å². The monoisotopic (exact) mass is 229 g/mol. The number of Topliss-reactive ketones (excluding diaryl/α,β-unsaturated/α-hetero) is 1. The quantitative estimate of drug-likeness (QED) is 0.469. The van der Waals surface area contributed by atoms with Gasteiger partial charge < -0.3 is 4.74 Å². The van der Waals surface area contributed by atoms with Crippen LogP contribution in [0.5, 0.6) is 0 Å². The molecule has 0 aliphatic heterocycles. The second-order valence-corrected chi connectivity index (χ2v) is 4.07. The van der Waals surface area contributed by atoms with Crippen molar-refractivity contribution in [1.82, 2.24) is 4.90 Å². The van der Waals surface area contributed by atoms with Gasteiger partial charge in [0.15, 0.2) is 5.78 Å². The van der Waals surface area contributed by atoms with Crippen molar-refractivity contribution in [3.63, 3.8) is 0 Å². The molecule has 0 bridgehead atoms. The highest BCUT2D eigenvalue weighted by Gasteiger charge is 2.15. The standard InChI is InChI=1S/C12H23NO3/c1-5-7-10(3)13(4)9-11(14)8-12(15)16-6-2/h10H,5-9H2,1-4H3. The van der Waals surface area contributed by atoms with Gasteiger partial charge in [-0.05, 0) is 27.3 Å². The summed E-state index contributed by atoms with van der Waals surface area (Å²) in [5, 5.41) is 0. The maximum absolute atomic E-state index is 11.5. The number of esters is 1. The van der Waals surface area contributed by atoms with Crippen LogP contribution in [0.25, 0.3) is 0 Å². The molecule has 0 aromatic carbocycles. The third-order valence-electron chi connectivity index (χ3n) is 2.53. The Balaban J connectivity index is 3.90. The van der Waals surface area contributed by atoms with Crippen LogP contribution in [0.3, 0.4) is 0 Å². The number of likely N-dealkylation sites (N-methyl/N-ethyl adjacent to an activating group) is 1. The number of hydrogen-bond donors (Lipinski definition) is 0. The lowest BCUT2D eigenvalue weighted by Gasteiger charge is -2.23. The van der Waals surface area contributed by atoms with E-state index in [-0.39, 0.29) is 12.2 Å². The van der Waals surface area contributed by atoms with Gasteiger partial charge in [0.1, 0.15) is 6.42 Å². The molecule has 94 valence electrons. The second kappa shape index (κ2) is 8.28. The van der Waals surface area contributed by atoms with E-state index < -0.39 is 5.97 Å². The third-order valence-corrected chi connectivity index (χ3v) is 2.53. The van der Waals surface area contributed by atoms with Gasteiger partial charge in [0.25, 0.3) is 0 Å². The molecule has 0 saturated heterocycles. The lowest BCUT2D eigenvalue weighted by molar-refractivity contribution is -0.145. The molecule has 0 aromatic heterocycles. The summed E-state index contributed by atoms with van der Waals surface area (Å²) in [6, 6.07) is 0.371. The maximum atomic E-state index is 11.5. The second-order valence-electron chi connectivity index (χ2n) is 4.07. The van der Waals surface area contributed by atoms with Gasteiger partial charge in [-0.2, -0.15) is 0 Å². The topological polar surface area (TPSA) is 46.6 Å². The molecule has 0 spiro atoms.